The number of nitrogens with two attached hydrogens (primary N) is 1. The van der Waals surface area contributed by atoms with Crippen LogP contribution in [0.3, 0.4) is 0 Å². The van der Waals surface area contributed by atoms with Crippen LogP contribution >= 0.6 is 0 Å². The van der Waals surface area contributed by atoms with Crippen molar-refractivity contribution in [3.05, 3.63) is 48.4 Å². The molecule has 0 fully saturated rings. The fourth-order valence-corrected chi connectivity index (χ4v) is 1.73. The lowest BCUT2D eigenvalue weighted by Crippen LogP contribution is -1.86. The molecular weight excluding hydrogens is 219 g/mol. The van der Waals surface area contributed by atoms with Crippen molar-refractivity contribution < 1.29 is 8.81 Å². The first-order valence-corrected chi connectivity index (χ1v) is 5.14. The van der Waals surface area contributed by atoms with Gasteiger partial charge in [0.25, 0.3) is 0 Å². The highest BCUT2D eigenvalue weighted by Gasteiger charge is 2.10. The van der Waals surface area contributed by atoms with E-state index in [0.29, 0.717) is 28.1 Å². The van der Waals surface area contributed by atoms with Gasteiger partial charge in [0, 0.05) is 11.9 Å². The lowest BCUT2D eigenvalue weighted by atomic mass is 10.2. The van der Waals surface area contributed by atoms with Gasteiger partial charge in [-0.25, -0.2) is 4.39 Å². The summed E-state index contributed by atoms with van der Waals surface area (Å²) in [4.78, 5) is 4.14. The minimum absolute atomic E-state index is 0.304. The summed E-state index contributed by atoms with van der Waals surface area (Å²) < 4.78 is 19.0. The molecule has 3 rings (SSSR count). The Balaban J connectivity index is 2.22. The number of nitrogens with zero attached hydrogens (tertiary/aromatic N) is 1. The topological polar surface area (TPSA) is 52.0 Å². The Hall–Kier alpha value is -2.36. The van der Waals surface area contributed by atoms with E-state index in [2.05, 4.69) is 4.98 Å². The van der Waals surface area contributed by atoms with E-state index in [-0.39, 0.29) is 5.82 Å². The number of nitrogen functional groups attached to an aromatic ring is 1. The van der Waals surface area contributed by atoms with Crippen molar-refractivity contribution >= 4 is 16.7 Å². The van der Waals surface area contributed by atoms with Gasteiger partial charge in [0.1, 0.15) is 17.1 Å². The van der Waals surface area contributed by atoms with Crippen molar-refractivity contribution in [3.8, 4) is 11.5 Å². The number of fused-ring (bicyclic) bond motifs is 1. The van der Waals surface area contributed by atoms with Gasteiger partial charge in [0.2, 0.25) is 0 Å². The zero-order valence-corrected chi connectivity index (χ0v) is 8.85. The van der Waals surface area contributed by atoms with E-state index in [0.717, 1.165) is 0 Å². The van der Waals surface area contributed by atoms with Crippen molar-refractivity contribution in [2.75, 3.05) is 5.73 Å². The van der Waals surface area contributed by atoms with Crippen LogP contribution in [-0.4, -0.2) is 4.98 Å². The Morgan fingerprint density at radius 3 is 2.82 bits per heavy atom. The van der Waals surface area contributed by atoms with Gasteiger partial charge in [-0.05, 0) is 30.3 Å². The van der Waals surface area contributed by atoms with Crippen LogP contribution in [0.25, 0.3) is 22.4 Å². The second-order valence-electron chi connectivity index (χ2n) is 3.74. The monoisotopic (exact) mass is 228 g/mol. The number of hydrogen-bond donors (Lipinski definition) is 1. The Labute approximate surface area is 96.7 Å². The van der Waals surface area contributed by atoms with Crippen LogP contribution in [0.15, 0.2) is 47.0 Å². The number of halogens is 1. The van der Waals surface area contributed by atoms with Gasteiger partial charge < -0.3 is 10.2 Å². The predicted octanol–water partition coefficient (Wildman–Crippen LogP) is 3.22. The highest BCUT2D eigenvalue weighted by Crippen LogP contribution is 2.28. The van der Waals surface area contributed by atoms with E-state index < -0.39 is 0 Å². The van der Waals surface area contributed by atoms with E-state index in [4.69, 9.17) is 10.2 Å². The lowest BCUT2D eigenvalue weighted by Gasteiger charge is -1.96. The second kappa shape index (κ2) is 3.59. The quantitative estimate of drug-likeness (QED) is 0.695. The summed E-state index contributed by atoms with van der Waals surface area (Å²) >= 11 is 0. The van der Waals surface area contributed by atoms with Crippen molar-refractivity contribution in [2.24, 2.45) is 0 Å². The zero-order valence-electron chi connectivity index (χ0n) is 8.85. The van der Waals surface area contributed by atoms with Crippen LogP contribution < -0.4 is 5.73 Å². The summed E-state index contributed by atoms with van der Waals surface area (Å²) in [6.07, 6.45) is 1.59. The zero-order chi connectivity index (χ0) is 11.8. The van der Waals surface area contributed by atoms with Crippen LogP contribution in [0.4, 0.5) is 10.1 Å². The molecule has 3 nitrogen and oxygen atoms in total. The summed E-state index contributed by atoms with van der Waals surface area (Å²) in [6.45, 7) is 0. The Morgan fingerprint density at radius 2 is 2.06 bits per heavy atom. The Kier molecular flexibility index (Phi) is 2.08. The number of rotatable bonds is 1. The van der Waals surface area contributed by atoms with Crippen LogP contribution in [0.2, 0.25) is 0 Å². The predicted molar refractivity (Wildman–Crippen MR) is 63.8 cm³/mol. The third kappa shape index (κ3) is 1.63. The molecule has 4 heteroatoms. The molecule has 17 heavy (non-hydrogen) atoms. The molecular formula is C13H9FN2O. The molecule has 0 amide bonds. The Morgan fingerprint density at radius 1 is 1.18 bits per heavy atom. The largest absolute Gasteiger partial charge is 0.454 e. The van der Waals surface area contributed by atoms with Gasteiger partial charge >= 0.3 is 0 Å². The van der Waals surface area contributed by atoms with Gasteiger partial charge in [0.15, 0.2) is 5.76 Å². The van der Waals surface area contributed by atoms with Gasteiger partial charge in [-0.15, -0.1) is 0 Å². The maximum absolute atomic E-state index is 13.5. The van der Waals surface area contributed by atoms with E-state index in [1.165, 1.54) is 6.07 Å². The number of pyridine rings is 1. The van der Waals surface area contributed by atoms with Crippen LogP contribution in [-0.2, 0) is 0 Å². The number of aromatic nitrogens is 1. The first-order chi connectivity index (χ1) is 8.24. The fourth-order valence-electron chi connectivity index (χ4n) is 1.73. The average Bonchev–Trinajstić information content (AvgIpc) is 2.74. The van der Waals surface area contributed by atoms with E-state index in [9.17, 15) is 4.39 Å². The molecule has 3 aromatic rings. The minimum Gasteiger partial charge on any atom is -0.454 e. The van der Waals surface area contributed by atoms with Gasteiger partial charge in [-0.3, -0.25) is 4.98 Å². The molecule has 0 atom stereocenters. The molecule has 0 aliphatic heterocycles. The highest BCUT2D eigenvalue weighted by atomic mass is 19.1. The Bertz CT molecular complexity index is 691. The third-order valence-electron chi connectivity index (χ3n) is 2.54. The van der Waals surface area contributed by atoms with Crippen molar-refractivity contribution in [3.63, 3.8) is 0 Å². The first-order valence-electron chi connectivity index (χ1n) is 5.14. The summed E-state index contributed by atoms with van der Waals surface area (Å²) in [7, 11) is 0. The van der Waals surface area contributed by atoms with Crippen LogP contribution in [0.1, 0.15) is 0 Å². The third-order valence-corrected chi connectivity index (χ3v) is 2.54. The van der Waals surface area contributed by atoms with E-state index in [1.54, 1.807) is 36.5 Å². The van der Waals surface area contributed by atoms with E-state index in [1.807, 2.05) is 0 Å². The van der Waals surface area contributed by atoms with Gasteiger partial charge in [-0.1, -0.05) is 6.07 Å². The van der Waals surface area contributed by atoms with Crippen molar-refractivity contribution in [2.45, 2.75) is 0 Å². The molecule has 2 aromatic heterocycles. The number of anilines is 1. The van der Waals surface area contributed by atoms with E-state index >= 15 is 0 Å². The summed E-state index contributed by atoms with van der Waals surface area (Å²) in [5.74, 6) is 0.207. The van der Waals surface area contributed by atoms with Crippen LogP contribution in [0.5, 0.6) is 0 Å². The molecule has 0 spiro atoms. The summed E-state index contributed by atoms with van der Waals surface area (Å²) in [5.41, 5.74) is 7.36. The molecule has 0 saturated heterocycles. The molecule has 0 bridgehead atoms. The first kappa shape index (κ1) is 9.84. The van der Waals surface area contributed by atoms with Crippen LogP contribution in [0, 0.1) is 5.82 Å². The molecule has 1 aromatic carbocycles. The fraction of sp³-hybridized carbons (Fsp3) is 0. The smallest absolute Gasteiger partial charge is 0.153 e. The van der Waals surface area contributed by atoms with Crippen molar-refractivity contribution in [1.29, 1.82) is 0 Å². The molecule has 2 N–H and O–H groups in total. The molecule has 84 valence electrons. The molecule has 0 aliphatic rings. The average molecular weight is 228 g/mol. The molecule has 2 heterocycles. The number of benzene rings is 1. The molecule has 0 aliphatic carbocycles. The molecule has 0 radical (unpaired) electrons. The second-order valence-corrected chi connectivity index (χ2v) is 3.74. The van der Waals surface area contributed by atoms with Crippen molar-refractivity contribution in [1.82, 2.24) is 4.98 Å². The summed E-state index contributed by atoms with van der Waals surface area (Å²) in [5, 5.41) is 0.451. The number of hydrogen-bond acceptors (Lipinski definition) is 3. The highest BCUT2D eigenvalue weighted by molar-refractivity contribution is 5.83. The standard InChI is InChI=1S/C13H9FN2O/c14-10-2-1-3-12-9(10)7-13(17-12)11-6-8(15)4-5-16-11/h1-7H,(H2,15,16). The molecule has 0 saturated carbocycles. The number of furan rings is 1. The normalized spacial score (nSPS) is 10.9. The maximum atomic E-state index is 13.5. The molecule has 0 unspecified atom stereocenters. The lowest BCUT2D eigenvalue weighted by molar-refractivity contribution is 0.620. The van der Waals surface area contributed by atoms with Gasteiger partial charge in [0.05, 0.1) is 5.39 Å². The van der Waals surface area contributed by atoms with Gasteiger partial charge in [-0.2, -0.15) is 0 Å². The maximum Gasteiger partial charge on any atom is 0.153 e. The minimum atomic E-state index is -0.304. The SMILES string of the molecule is Nc1ccnc(-c2cc3c(F)cccc3o2)c1. The summed E-state index contributed by atoms with van der Waals surface area (Å²) in [6, 6.07) is 9.73.